The number of amides is 3. The molecule has 11 nitrogen and oxygen atoms in total. The number of benzene rings is 2. The van der Waals surface area contributed by atoms with Crippen LogP contribution in [0.25, 0.3) is 5.57 Å². The number of carbonyl (C=O) groups is 3. The van der Waals surface area contributed by atoms with E-state index in [2.05, 4.69) is 37.5 Å². The van der Waals surface area contributed by atoms with Gasteiger partial charge in [-0.1, -0.05) is 49.1 Å². The minimum atomic E-state index is -2.91. The van der Waals surface area contributed by atoms with Gasteiger partial charge in [0, 0.05) is 43.8 Å². The average Bonchev–Trinajstić information content (AvgIpc) is 3.91. The smallest absolute Gasteiger partial charge is 0.387 e. The Morgan fingerprint density at radius 1 is 1.09 bits per heavy atom. The summed E-state index contributed by atoms with van der Waals surface area (Å²) >= 11 is 0. The van der Waals surface area contributed by atoms with Crippen molar-refractivity contribution in [3.05, 3.63) is 95.7 Å². The predicted molar refractivity (Wildman–Crippen MR) is 175 cm³/mol. The summed E-state index contributed by atoms with van der Waals surface area (Å²) in [5.41, 5.74) is 3.29. The molecule has 13 heteroatoms. The number of rotatable bonds is 14. The first-order valence-corrected chi connectivity index (χ1v) is 14.7. The van der Waals surface area contributed by atoms with Crippen LogP contribution in [0.15, 0.2) is 78.9 Å². The number of hydrogen-bond acceptors (Lipinski definition) is 8. The zero-order valence-electron chi connectivity index (χ0n) is 26.5. The van der Waals surface area contributed by atoms with Crippen molar-refractivity contribution in [1.82, 2.24) is 20.4 Å². The summed E-state index contributed by atoms with van der Waals surface area (Å²) in [6.07, 6.45) is 6.67. The molecule has 1 aliphatic carbocycles. The molecule has 1 aliphatic rings. The van der Waals surface area contributed by atoms with Gasteiger partial charge in [-0.2, -0.15) is 8.78 Å². The Labute approximate surface area is 271 Å². The molecule has 1 saturated carbocycles. The number of allylic oxidation sites excluding steroid dienone is 4. The topological polar surface area (TPSA) is 135 Å². The van der Waals surface area contributed by atoms with Gasteiger partial charge in [0.2, 0.25) is 11.8 Å². The number of alkyl halides is 2. The molecule has 1 aromatic heterocycles. The highest BCUT2D eigenvalue weighted by molar-refractivity contribution is 6.00. The first kappa shape index (κ1) is 34.3. The molecule has 3 amide bonds. The van der Waals surface area contributed by atoms with Crippen molar-refractivity contribution in [3.8, 4) is 11.5 Å². The van der Waals surface area contributed by atoms with E-state index in [4.69, 9.17) is 4.74 Å². The molecule has 4 rings (SSSR count). The van der Waals surface area contributed by atoms with Crippen molar-refractivity contribution in [2.24, 2.45) is 5.92 Å². The van der Waals surface area contributed by atoms with Gasteiger partial charge < -0.3 is 30.3 Å². The van der Waals surface area contributed by atoms with Crippen molar-refractivity contribution in [1.29, 1.82) is 0 Å². The zero-order valence-corrected chi connectivity index (χ0v) is 26.5. The quantitative estimate of drug-likeness (QED) is 0.150. The van der Waals surface area contributed by atoms with Crippen molar-refractivity contribution in [3.63, 3.8) is 0 Å². The average molecular weight is 647 g/mol. The molecule has 1 heterocycles. The van der Waals surface area contributed by atoms with Crippen LogP contribution >= 0.6 is 0 Å². The highest BCUT2D eigenvalue weighted by Crippen LogP contribution is 2.37. The maximum atomic E-state index is 13.1. The van der Waals surface area contributed by atoms with Crippen LogP contribution in [0.5, 0.6) is 11.5 Å². The van der Waals surface area contributed by atoms with E-state index in [0.29, 0.717) is 33.8 Å². The van der Waals surface area contributed by atoms with Gasteiger partial charge in [-0.15, -0.1) is 10.2 Å². The van der Waals surface area contributed by atoms with Gasteiger partial charge in [0.1, 0.15) is 11.5 Å². The third-order valence-electron chi connectivity index (χ3n) is 7.22. The number of hydrogen-bond donors (Lipinski definition) is 3. The normalized spacial score (nSPS) is 13.1. The Morgan fingerprint density at radius 2 is 1.81 bits per heavy atom. The third-order valence-corrected chi connectivity index (χ3v) is 7.22. The van der Waals surface area contributed by atoms with Gasteiger partial charge in [0.05, 0.1) is 18.5 Å². The van der Waals surface area contributed by atoms with Crippen LogP contribution in [0.4, 0.5) is 26.0 Å². The largest absolute Gasteiger partial charge is 0.494 e. The van der Waals surface area contributed by atoms with Crippen LogP contribution in [-0.2, 0) is 16.1 Å². The summed E-state index contributed by atoms with van der Waals surface area (Å²) < 4.78 is 35.0. The van der Waals surface area contributed by atoms with Crippen molar-refractivity contribution < 1.29 is 32.6 Å². The van der Waals surface area contributed by atoms with E-state index in [1.165, 1.54) is 37.3 Å². The Balaban J connectivity index is 1.56. The van der Waals surface area contributed by atoms with Gasteiger partial charge in [-0.05, 0) is 49.1 Å². The lowest BCUT2D eigenvalue weighted by atomic mass is 10.0. The molecule has 0 spiro atoms. The summed E-state index contributed by atoms with van der Waals surface area (Å²) in [5, 5.41) is 16.5. The molecule has 0 unspecified atom stereocenters. The van der Waals surface area contributed by atoms with E-state index >= 15 is 0 Å². The zero-order chi connectivity index (χ0) is 34.1. The molecule has 0 bridgehead atoms. The molecule has 47 heavy (non-hydrogen) atoms. The fraction of sp³-hybridized carbons (Fsp3) is 0.265. The van der Waals surface area contributed by atoms with Crippen molar-refractivity contribution in [2.45, 2.75) is 32.9 Å². The maximum Gasteiger partial charge on any atom is 0.387 e. The number of methoxy groups -OCH3 is 1. The minimum absolute atomic E-state index is 0.0162. The van der Waals surface area contributed by atoms with Gasteiger partial charge in [-0.25, -0.2) is 0 Å². The molecule has 0 atom stereocenters. The van der Waals surface area contributed by atoms with Gasteiger partial charge in [0.15, 0.2) is 11.5 Å². The first-order chi connectivity index (χ1) is 22.5. The molecular weight excluding hydrogens is 610 g/mol. The SMILES string of the molecule is C=C/C(=C\C=C(/C)C(=O)N(C)Cc1ccc(OC(F)F)cc1)c1cccc(Nc2cc(NC(=O)C3CC3)nnc2C(=O)NC)c1OC. The van der Waals surface area contributed by atoms with Gasteiger partial charge in [-0.3, -0.25) is 14.4 Å². The number of halogens is 2. The van der Waals surface area contributed by atoms with Gasteiger partial charge in [0.25, 0.3) is 5.91 Å². The fourth-order valence-electron chi connectivity index (χ4n) is 4.61. The van der Waals surface area contributed by atoms with E-state index in [-0.39, 0.29) is 41.5 Å². The minimum Gasteiger partial charge on any atom is -0.494 e. The molecule has 3 aromatic rings. The molecule has 0 radical (unpaired) electrons. The summed E-state index contributed by atoms with van der Waals surface area (Å²) in [5.74, 6) is -0.246. The van der Waals surface area contributed by atoms with Crippen LogP contribution < -0.4 is 25.4 Å². The second kappa shape index (κ2) is 15.6. The number of para-hydroxylation sites is 1. The molecule has 246 valence electrons. The molecule has 3 N–H and O–H groups in total. The fourth-order valence-corrected chi connectivity index (χ4v) is 4.61. The number of aromatic nitrogens is 2. The monoisotopic (exact) mass is 646 g/mol. The first-order valence-electron chi connectivity index (χ1n) is 14.7. The number of anilines is 3. The van der Waals surface area contributed by atoms with E-state index in [1.54, 1.807) is 56.5 Å². The van der Waals surface area contributed by atoms with E-state index in [1.807, 2.05) is 6.07 Å². The van der Waals surface area contributed by atoms with E-state index < -0.39 is 12.5 Å². The molecule has 2 aromatic carbocycles. The number of nitrogens with one attached hydrogen (secondary N) is 3. The third kappa shape index (κ3) is 9.00. The lowest BCUT2D eigenvalue weighted by molar-refractivity contribution is -0.126. The second-order valence-electron chi connectivity index (χ2n) is 10.7. The van der Waals surface area contributed by atoms with Gasteiger partial charge >= 0.3 is 6.61 Å². The highest BCUT2D eigenvalue weighted by Gasteiger charge is 2.30. The second-order valence-corrected chi connectivity index (χ2v) is 10.7. The number of nitrogens with zero attached hydrogens (tertiary/aromatic N) is 3. The summed E-state index contributed by atoms with van der Waals surface area (Å²) in [7, 11) is 4.62. The Hall–Kier alpha value is -5.59. The van der Waals surface area contributed by atoms with E-state index in [9.17, 15) is 23.2 Å². The lowest BCUT2D eigenvalue weighted by Gasteiger charge is -2.18. The summed E-state index contributed by atoms with van der Waals surface area (Å²) in [6, 6.07) is 13.0. The number of ether oxygens (including phenoxy) is 2. The standard InChI is InChI=1S/C34H36F2N6O5/c1-6-22(13-10-20(2)33(45)42(4)19-21-11-16-24(17-12-21)47-34(35)36)25-8-7-9-26(30(25)46-5)38-27-18-28(39-31(43)23-14-15-23)40-41-29(27)32(44)37-3/h6-13,16-18,23,34H,1,14-15,19H2,2-5H3,(H,37,44)(H2,38,39,40,43)/b20-10+,22-13+. The molecule has 0 aliphatic heterocycles. The van der Waals surface area contributed by atoms with Crippen molar-refractivity contribution >= 4 is 40.5 Å². The highest BCUT2D eigenvalue weighted by atomic mass is 19.3. The lowest BCUT2D eigenvalue weighted by Crippen LogP contribution is -2.26. The predicted octanol–water partition coefficient (Wildman–Crippen LogP) is 5.71. The molecule has 1 fully saturated rings. The maximum absolute atomic E-state index is 13.1. The Kier molecular flexibility index (Phi) is 11.4. The Bertz CT molecular complexity index is 1700. The van der Waals surface area contributed by atoms with Crippen LogP contribution in [0.2, 0.25) is 0 Å². The Morgan fingerprint density at radius 3 is 2.43 bits per heavy atom. The summed E-state index contributed by atoms with van der Waals surface area (Å²) in [6.45, 7) is 2.96. The van der Waals surface area contributed by atoms with Crippen LogP contribution in [-0.4, -0.2) is 60.6 Å². The van der Waals surface area contributed by atoms with Crippen LogP contribution in [0, 0.1) is 5.92 Å². The summed E-state index contributed by atoms with van der Waals surface area (Å²) in [4.78, 5) is 39.5. The van der Waals surface area contributed by atoms with Crippen molar-refractivity contribution in [2.75, 3.05) is 31.8 Å². The number of likely N-dealkylation sites (N-methyl/N-ethyl adjacent to an activating group) is 1. The van der Waals surface area contributed by atoms with Crippen LogP contribution in [0.1, 0.15) is 41.4 Å². The number of carbonyl (C=O) groups excluding carboxylic acids is 3. The van der Waals surface area contributed by atoms with Crippen LogP contribution in [0.3, 0.4) is 0 Å². The van der Waals surface area contributed by atoms with E-state index in [0.717, 1.165) is 18.4 Å². The molecular formula is C34H36F2N6O5. The molecule has 0 saturated heterocycles.